The van der Waals surface area contributed by atoms with Gasteiger partial charge >= 0.3 is 5.97 Å². The quantitative estimate of drug-likeness (QED) is 0.922. The molecule has 0 amide bonds. The van der Waals surface area contributed by atoms with Crippen LogP contribution in [0.3, 0.4) is 0 Å². The van der Waals surface area contributed by atoms with Crippen molar-refractivity contribution in [2.24, 2.45) is 0 Å². The molecule has 0 unspecified atom stereocenters. The first-order valence-corrected chi connectivity index (χ1v) is 8.17. The standard InChI is InChI=1S/C18H23N3O2/c1-14-19-8-10-21(14)12-11-20-9-2-3-17(13-20)15-4-6-16(7-5-15)18(22)23/h4-8,10,17H,2-3,9,11-13H2,1H3,(H,22,23)/t17-/m1/s1. The maximum Gasteiger partial charge on any atom is 0.335 e. The van der Waals surface area contributed by atoms with Crippen LogP contribution in [0.1, 0.15) is 40.5 Å². The smallest absolute Gasteiger partial charge is 0.335 e. The van der Waals surface area contributed by atoms with Crippen LogP contribution in [0.25, 0.3) is 0 Å². The van der Waals surface area contributed by atoms with Crippen LogP contribution in [0.4, 0.5) is 0 Å². The Hall–Kier alpha value is -2.14. The zero-order valence-electron chi connectivity index (χ0n) is 13.5. The lowest BCUT2D eigenvalue weighted by Gasteiger charge is -2.33. The number of carboxylic acids is 1. The Labute approximate surface area is 136 Å². The molecule has 1 N–H and O–H groups in total. The van der Waals surface area contributed by atoms with Crippen LogP contribution in [0, 0.1) is 6.92 Å². The summed E-state index contributed by atoms with van der Waals surface area (Å²) in [5.74, 6) is 0.691. The number of nitrogens with zero attached hydrogens (tertiary/aromatic N) is 3. The highest BCUT2D eigenvalue weighted by atomic mass is 16.4. The van der Waals surface area contributed by atoms with Gasteiger partial charge in [-0.3, -0.25) is 0 Å². The summed E-state index contributed by atoms with van der Waals surface area (Å²) in [5.41, 5.74) is 1.61. The number of benzene rings is 1. The largest absolute Gasteiger partial charge is 0.478 e. The molecule has 23 heavy (non-hydrogen) atoms. The van der Waals surface area contributed by atoms with E-state index >= 15 is 0 Å². The van der Waals surface area contributed by atoms with E-state index in [4.69, 9.17) is 5.11 Å². The molecule has 3 rings (SSSR count). The third-order valence-corrected chi connectivity index (χ3v) is 4.72. The summed E-state index contributed by atoms with van der Waals surface area (Å²) in [6.45, 7) is 6.21. The van der Waals surface area contributed by atoms with E-state index in [9.17, 15) is 4.79 Å². The fourth-order valence-corrected chi connectivity index (χ4v) is 3.32. The van der Waals surface area contributed by atoms with Crippen molar-refractivity contribution >= 4 is 5.97 Å². The van der Waals surface area contributed by atoms with Crippen molar-refractivity contribution in [3.05, 3.63) is 53.6 Å². The van der Waals surface area contributed by atoms with Crippen molar-refractivity contribution in [1.82, 2.24) is 14.5 Å². The molecule has 5 heteroatoms. The summed E-state index contributed by atoms with van der Waals surface area (Å²) >= 11 is 0. The van der Waals surface area contributed by atoms with Gasteiger partial charge in [0.15, 0.2) is 0 Å². The highest BCUT2D eigenvalue weighted by molar-refractivity contribution is 5.87. The number of hydrogen-bond acceptors (Lipinski definition) is 3. The molecule has 1 aliphatic heterocycles. The summed E-state index contributed by atoms with van der Waals surface area (Å²) in [4.78, 5) is 17.7. The van der Waals surface area contributed by atoms with Gasteiger partial charge in [-0.1, -0.05) is 12.1 Å². The maximum atomic E-state index is 11.0. The molecule has 0 saturated carbocycles. The molecule has 0 radical (unpaired) electrons. The number of imidazole rings is 1. The molecule has 1 fully saturated rings. The van der Waals surface area contributed by atoms with Gasteiger partial charge < -0.3 is 14.6 Å². The molecule has 2 aromatic rings. The summed E-state index contributed by atoms with van der Waals surface area (Å²) in [6.07, 6.45) is 6.24. The molecule has 1 aromatic heterocycles. The number of aryl methyl sites for hydroxylation is 1. The van der Waals surface area contributed by atoms with Crippen molar-refractivity contribution in [1.29, 1.82) is 0 Å². The predicted octanol–water partition coefficient (Wildman–Crippen LogP) is 2.77. The molecule has 0 bridgehead atoms. The van der Waals surface area contributed by atoms with E-state index < -0.39 is 5.97 Å². The van der Waals surface area contributed by atoms with E-state index in [2.05, 4.69) is 14.5 Å². The van der Waals surface area contributed by atoms with E-state index in [1.54, 1.807) is 12.1 Å². The highest BCUT2D eigenvalue weighted by Gasteiger charge is 2.21. The number of hydrogen-bond donors (Lipinski definition) is 1. The molecule has 1 aromatic carbocycles. The van der Waals surface area contributed by atoms with Gasteiger partial charge in [-0.05, 0) is 49.9 Å². The molecule has 122 valence electrons. The Bertz CT molecular complexity index is 663. The average Bonchev–Trinajstić information content (AvgIpc) is 2.98. The minimum Gasteiger partial charge on any atom is -0.478 e. The van der Waals surface area contributed by atoms with E-state index in [-0.39, 0.29) is 0 Å². The van der Waals surface area contributed by atoms with Crippen LogP contribution in [0.5, 0.6) is 0 Å². The lowest BCUT2D eigenvalue weighted by atomic mass is 9.90. The first kappa shape index (κ1) is 15.7. The van der Waals surface area contributed by atoms with Crippen molar-refractivity contribution in [2.45, 2.75) is 32.2 Å². The molecule has 0 aliphatic carbocycles. The monoisotopic (exact) mass is 313 g/mol. The van der Waals surface area contributed by atoms with Crippen LogP contribution in [0.2, 0.25) is 0 Å². The average molecular weight is 313 g/mol. The fourth-order valence-electron chi connectivity index (χ4n) is 3.32. The van der Waals surface area contributed by atoms with Crippen LogP contribution in [-0.4, -0.2) is 45.2 Å². The molecular formula is C18H23N3O2. The van der Waals surface area contributed by atoms with Gasteiger partial charge in [-0.25, -0.2) is 9.78 Å². The molecule has 1 atom stereocenters. The zero-order chi connectivity index (χ0) is 16.2. The van der Waals surface area contributed by atoms with Crippen molar-refractivity contribution in [2.75, 3.05) is 19.6 Å². The Kier molecular flexibility index (Phi) is 4.76. The molecular weight excluding hydrogens is 290 g/mol. The maximum absolute atomic E-state index is 11.0. The van der Waals surface area contributed by atoms with Crippen LogP contribution in [-0.2, 0) is 6.54 Å². The van der Waals surface area contributed by atoms with Gasteiger partial charge in [0.25, 0.3) is 0 Å². The number of piperidine rings is 1. The third-order valence-electron chi connectivity index (χ3n) is 4.72. The minimum atomic E-state index is -0.863. The van der Waals surface area contributed by atoms with Crippen LogP contribution >= 0.6 is 0 Å². The SMILES string of the molecule is Cc1nccn1CCN1CCC[C@@H](c2ccc(C(=O)O)cc2)C1. The molecule has 0 spiro atoms. The van der Waals surface area contributed by atoms with Crippen molar-refractivity contribution in [3.8, 4) is 0 Å². The predicted molar refractivity (Wildman–Crippen MR) is 88.8 cm³/mol. The summed E-state index contributed by atoms with van der Waals surface area (Å²) in [6, 6.07) is 7.37. The van der Waals surface area contributed by atoms with E-state index in [0.29, 0.717) is 11.5 Å². The van der Waals surface area contributed by atoms with E-state index in [1.807, 2.05) is 31.5 Å². The Morgan fingerprint density at radius 3 is 2.74 bits per heavy atom. The molecule has 1 aliphatic rings. The normalized spacial score (nSPS) is 18.9. The lowest BCUT2D eigenvalue weighted by molar-refractivity contribution is 0.0697. The van der Waals surface area contributed by atoms with Gasteiger partial charge in [0.2, 0.25) is 0 Å². The molecule has 1 saturated heterocycles. The second kappa shape index (κ2) is 6.96. The molecule has 2 heterocycles. The first-order valence-electron chi connectivity index (χ1n) is 8.17. The van der Waals surface area contributed by atoms with Gasteiger partial charge in [-0.15, -0.1) is 0 Å². The van der Waals surface area contributed by atoms with Crippen molar-refractivity contribution in [3.63, 3.8) is 0 Å². The Morgan fingerprint density at radius 1 is 1.30 bits per heavy atom. The lowest BCUT2D eigenvalue weighted by Crippen LogP contribution is -2.36. The number of aromatic carboxylic acids is 1. The Balaban J connectivity index is 1.59. The number of carboxylic acid groups (broad SMARTS) is 1. The number of carbonyl (C=O) groups is 1. The molecule has 5 nitrogen and oxygen atoms in total. The highest BCUT2D eigenvalue weighted by Crippen LogP contribution is 2.27. The third kappa shape index (κ3) is 3.79. The fraction of sp³-hybridized carbons (Fsp3) is 0.444. The Morgan fingerprint density at radius 2 is 2.09 bits per heavy atom. The zero-order valence-corrected chi connectivity index (χ0v) is 13.5. The summed E-state index contributed by atoms with van der Waals surface area (Å²) in [5, 5.41) is 9.00. The second-order valence-corrected chi connectivity index (χ2v) is 6.23. The topological polar surface area (TPSA) is 58.4 Å². The van der Waals surface area contributed by atoms with Crippen molar-refractivity contribution < 1.29 is 9.90 Å². The number of aromatic nitrogens is 2. The van der Waals surface area contributed by atoms with E-state index in [1.165, 1.54) is 18.4 Å². The minimum absolute atomic E-state index is 0.358. The van der Waals surface area contributed by atoms with Crippen LogP contribution in [0.15, 0.2) is 36.7 Å². The van der Waals surface area contributed by atoms with E-state index in [0.717, 1.165) is 32.0 Å². The summed E-state index contributed by atoms with van der Waals surface area (Å²) < 4.78 is 2.19. The first-order chi connectivity index (χ1) is 11.1. The summed E-state index contributed by atoms with van der Waals surface area (Å²) in [7, 11) is 0. The van der Waals surface area contributed by atoms with Crippen LogP contribution < -0.4 is 0 Å². The van der Waals surface area contributed by atoms with Gasteiger partial charge in [0.05, 0.1) is 5.56 Å². The van der Waals surface area contributed by atoms with Gasteiger partial charge in [0.1, 0.15) is 5.82 Å². The second-order valence-electron chi connectivity index (χ2n) is 6.23. The van der Waals surface area contributed by atoms with Gasteiger partial charge in [-0.2, -0.15) is 0 Å². The number of rotatable bonds is 5. The van der Waals surface area contributed by atoms with Gasteiger partial charge in [0, 0.05) is 32.0 Å². The number of likely N-dealkylation sites (tertiary alicyclic amines) is 1.